The summed E-state index contributed by atoms with van der Waals surface area (Å²) in [5.74, 6) is 0. The maximum atomic E-state index is 5.56. The predicted molar refractivity (Wildman–Crippen MR) is 83.6 cm³/mol. The zero-order chi connectivity index (χ0) is 13.9. The summed E-state index contributed by atoms with van der Waals surface area (Å²) in [5.41, 5.74) is 9.44. The number of thiazole rings is 1. The number of nitrogens with two attached hydrogens (primary N) is 1. The number of hydrogen-bond acceptors (Lipinski definition) is 3. The summed E-state index contributed by atoms with van der Waals surface area (Å²) in [6.07, 6.45) is 2.01. The van der Waals surface area contributed by atoms with Crippen LogP contribution < -0.4 is 5.73 Å². The van der Waals surface area contributed by atoms with Crippen molar-refractivity contribution in [3.8, 4) is 11.3 Å². The first kappa shape index (κ1) is 14.2. The van der Waals surface area contributed by atoms with Crippen LogP contribution in [0, 0.1) is 0 Å². The lowest BCUT2D eigenvalue weighted by atomic mass is 9.82. The van der Waals surface area contributed by atoms with Gasteiger partial charge in [0.15, 0.2) is 0 Å². The normalized spacial score (nSPS) is 11.8. The first-order chi connectivity index (χ1) is 9.06. The van der Waals surface area contributed by atoms with Crippen LogP contribution in [0.3, 0.4) is 0 Å². The van der Waals surface area contributed by atoms with Crippen LogP contribution in [0.4, 0.5) is 0 Å². The Labute approximate surface area is 119 Å². The van der Waals surface area contributed by atoms with Crippen molar-refractivity contribution in [3.63, 3.8) is 0 Å². The zero-order valence-electron chi connectivity index (χ0n) is 11.9. The van der Waals surface area contributed by atoms with Crippen LogP contribution in [0.2, 0.25) is 0 Å². The SMILES string of the molecule is CCC(C)(C)c1ccc(-c2csc(CCN)n2)cc1. The van der Waals surface area contributed by atoms with Crippen molar-refractivity contribution in [1.82, 2.24) is 4.98 Å². The molecule has 0 spiro atoms. The summed E-state index contributed by atoms with van der Waals surface area (Å²) >= 11 is 1.69. The van der Waals surface area contributed by atoms with Crippen LogP contribution in [0.1, 0.15) is 37.8 Å². The van der Waals surface area contributed by atoms with Crippen molar-refractivity contribution in [1.29, 1.82) is 0 Å². The molecule has 0 atom stereocenters. The molecule has 0 saturated heterocycles. The average Bonchev–Trinajstić information content (AvgIpc) is 2.88. The molecule has 1 heterocycles. The lowest BCUT2D eigenvalue weighted by Crippen LogP contribution is -2.14. The highest BCUT2D eigenvalue weighted by molar-refractivity contribution is 7.09. The van der Waals surface area contributed by atoms with E-state index in [1.807, 2.05) is 0 Å². The van der Waals surface area contributed by atoms with Crippen molar-refractivity contribution in [2.24, 2.45) is 5.73 Å². The van der Waals surface area contributed by atoms with Gasteiger partial charge in [0, 0.05) is 17.4 Å². The highest BCUT2D eigenvalue weighted by atomic mass is 32.1. The smallest absolute Gasteiger partial charge is 0.0945 e. The molecule has 19 heavy (non-hydrogen) atoms. The number of nitrogens with zero attached hydrogens (tertiary/aromatic N) is 1. The summed E-state index contributed by atoms with van der Waals surface area (Å²) in [7, 11) is 0. The molecule has 0 saturated carbocycles. The molecule has 2 rings (SSSR count). The molecular formula is C16H22N2S. The molecule has 0 aliphatic carbocycles. The molecule has 0 aliphatic heterocycles. The van der Waals surface area contributed by atoms with Crippen LogP contribution in [0.5, 0.6) is 0 Å². The lowest BCUT2D eigenvalue weighted by molar-refractivity contribution is 0.506. The van der Waals surface area contributed by atoms with E-state index in [0.717, 1.165) is 23.5 Å². The molecule has 2 N–H and O–H groups in total. The van der Waals surface area contributed by atoms with Crippen molar-refractivity contribution in [3.05, 3.63) is 40.2 Å². The molecule has 102 valence electrons. The zero-order valence-corrected chi connectivity index (χ0v) is 12.8. The van der Waals surface area contributed by atoms with Gasteiger partial charge in [-0.15, -0.1) is 11.3 Å². The molecule has 2 nitrogen and oxygen atoms in total. The fourth-order valence-corrected chi connectivity index (χ4v) is 2.80. The third-order valence-electron chi connectivity index (χ3n) is 3.76. The molecule has 1 aromatic carbocycles. The van der Waals surface area contributed by atoms with Crippen molar-refractivity contribution < 1.29 is 0 Å². The summed E-state index contributed by atoms with van der Waals surface area (Å²) < 4.78 is 0. The molecule has 3 heteroatoms. The van der Waals surface area contributed by atoms with Gasteiger partial charge in [0.05, 0.1) is 10.7 Å². The topological polar surface area (TPSA) is 38.9 Å². The average molecular weight is 274 g/mol. The van der Waals surface area contributed by atoms with Crippen LogP contribution in [-0.4, -0.2) is 11.5 Å². The molecule has 2 aromatic rings. The first-order valence-electron chi connectivity index (χ1n) is 6.82. The lowest BCUT2D eigenvalue weighted by Gasteiger charge is -2.23. The minimum atomic E-state index is 0.241. The summed E-state index contributed by atoms with van der Waals surface area (Å²) in [6, 6.07) is 8.80. The molecule has 0 aliphatic rings. The first-order valence-corrected chi connectivity index (χ1v) is 7.70. The third-order valence-corrected chi connectivity index (χ3v) is 4.66. The van der Waals surface area contributed by atoms with E-state index in [0.29, 0.717) is 6.54 Å². The van der Waals surface area contributed by atoms with Gasteiger partial charge in [-0.3, -0.25) is 0 Å². The van der Waals surface area contributed by atoms with Gasteiger partial charge in [-0.05, 0) is 23.9 Å². The summed E-state index contributed by atoms with van der Waals surface area (Å²) in [5, 5.41) is 3.24. The quantitative estimate of drug-likeness (QED) is 0.895. The standard InChI is InChI=1S/C16H22N2S/c1-4-16(2,3)13-7-5-12(6-8-13)14-11-19-15(18-14)9-10-17/h5-8,11H,4,9-10,17H2,1-3H3. The minimum Gasteiger partial charge on any atom is -0.330 e. The number of hydrogen-bond donors (Lipinski definition) is 1. The van der Waals surface area contributed by atoms with E-state index in [-0.39, 0.29) is 5.41 Å². The van der Waals surface area contributed by atoms with Crippen LogP contribution in [-0.2, 0) is 11.8 Å². The van der Waals surface area contributed by atoms with Gasteiger partial charge in [-0.25, -0.2) is 4.98 Å². The largest absolute Gasteiger partial charge is 0.330 e. The maximum Gasteiger partial charge on any atom is 0.0945 e. The predicted octanol–water partition coefficient (Wildman–Crippen LogP) is 4.00. The number of rotatable bonds is 5. The van der Waals surface area contributed by atoms with E-state index in [2.05, 4.69) is 55.4 Å². The second kappa shape index (κ2) is 5.85. The van der Waals surface area contributed by atoms with E-state index < -0.39 is 0 Å². The highest BCUT2D eigenvalue weighted by Crippen LogP contribution is 2.29. The fraction of sp³-hybridized carbons (Fsp3) is 0.438. The molecule has 0 bridgehead atoms. The third kappa shape index (κ3) is 3.23. The van der Waals surface area contributed by atoms with E-state index in [4.69, 9.17) is 5.73 Å². The summed E-state index contributed by atoms with van der Waals surface area (Å²) in [6.45, 7) is 7.46. The Kier molecular flexibility index (Phi) is 4.38. The van der Waals surface area contributed by atoms with Gasteiger partial charge in [-0.2, -0.15) is 0 Å². The Hall–Kier alpha value is -1.19. The minimum absolute atomic E-state index is 0.241. The molecule has 0 unspecified atom stereocenters. The summed E-state index contributed by atoms with van der Waals surface area (Å²) in [4.78, 5) is 4.62. The van der Waals surface area contributed by atoms with Crippen molar-refractivity contribution in [2.75, 3.05) is 6.54 Å². The van der Waals surface area contributed by atoms with Crippen LogP contribution >= 0.6 is 11.3 Å². The van der Waals surface area contributed by atoms with Gasteiger partial charge in [-0.1, -0.05) is 45.0 Å². The van der Waals surface area contributed by atoms with E-state index in [1.165, 1.54) is 11.1 Å². The Balaban J connectivity index is 2.22. The Morgan fingerprint density at radius 2 is 1.89 bits per heavy atom. The van der Waals surface area contributed by atoms with Crippen molar-refractivity contribution in [2.45, 2.75) is 39.0 Å². The molecular weight excluding hydrogens is 252 g/mol. The molecule has 0 fully saturated rings. The van der Waals surface area contributed by atoms with Crippen LogP contribution in [0.25, 0.3) is 11.3 Å². The number of aromatic nitrogens is 1. The van der Waals surface area contributed by atoms with Gasteiger partial charge < -0.3 is 5.73 Å². The van der Waals surface area contributed by atoms with Gasteiger partial charge in [0.2, 0.25) is 0 Å². The van der Waals surface area contributed by atoms with Gasteiger partial charge in [0.1, 0.15) is 0 Å². The van der Waals surface area contributed by atoms with E-state index >= 15 is 0 Å². The molecule has 0 radical (unpaired) electrons. The molecule has 0 amide bonds. The second-order valence-corrected chi connectivity index (χ2v) is 6.42. The van der Waals surface area contributed by atoms with Crippen molar-refractivity contribution >= 4 is 11.3 Å². The van der Waals surface area contributed by atoms with Gasteiger partial charge in [0.25, 0.3) is 0 Å². The van der Waals surface area contributed by atoms with E-state index in [1.54, 1.807) is 11.3 Å². The monoisotopic (exact) mass is 274 g/mol. The van der Waals surface area contributed by atoms with Gasteiger partial charge >= 0.3 is 0 Å². The fourth-order valence-electron chi connectivity index (χ4n) is 1.98. The Bertz CT molecular complexity index is 526. The number of benzene rings is 1. The highest BCUT2D eigenvalue weighted by Gasteiger charge is 2.17. The van der Waals surface area contributed by atoms with E-state index in [9.17, 15) is 0 Å². The Morgan fingerprint density at radius 3 is 2.47 bits per heavy atom. The van der Waals surface area contributed by atoms with Crippen LogP contribution in [0.15, 0.2) is 29.6 Å². The second-order valence-electron chi connectivity index (χ2n) is 5.48. The molecule has 1 aromatic heterocycles. The maximum absolute atomic E-state index is 5.56. The Morgan fingerprint density at radius 1 is 1.21 bits per heavy atom.